The van der Waals surface area contributed by atoms with E-state index in [1.807, 2.05) is 0 Å². The van der Waals surface area contributed by atoms with E-state index in [0.717, 1.165) is 18.5 Å². The Kier molecular flexibility index (Phi) is 5.76. The third-order valence-corrected chi connectivity index (χ3v) is 3.22. The van der Waals surface area contributed by atoms with Gasteiger partial charge in [0.15, 0.2) is 0 Å². The molecular weight excluding hydrogens is 245 g/mol. The minimum absolute atomic E-state index is 0.0157. The van der Waals surface area contributed by atoms with E-state index in [4.69, 9.17) is 9.47 Å². The van der Waals surface area contributed by atoms with Gasteiger partial charge in [0.2, 0.25) is 0 Å². The SMILES string of the molecule is COCCCOC(CNC1CC1)c1ccc(F)cc1. The van der Waals surface area contributed by atoms with Gasteiger partial charge in [-0.15, -0.1) is 0 Å². The second-order valence-electron chi connectivity index (χ2n) is 4.94. The molecule has 0 aromatic heterocycles. The molecule has 1 aliphatic rings. The Morgan fingerprint density at radius 3 is 2.63 bits per heavy atom. The Morgan fingerprint density at radius 1 is 1.26 bits per heavy atom. The molecule has 3 nitrogen and oxygen atoms in total. The molecule has 19 heavy (non-hydrogen) atoms. The number of rotatable bonds is 9. The first-order valence-electron chi connectivity index (χ1n) is 6.89. The predicted molar refractivity (Wildman–Crippen MR) is 72.6 cm³/mol. The minimum Gasteiger partial charge on any atom is -0.385 e. The fourth-order valence-corrected chi connectivity index (χ4v) is 1.94. The average Bonchev–Trinajstić information content (AvgIpc) is 3.23. The van der Waals surface area contributed by atoms with Gasteiger partial charge in [-0.3, -0.25) is 0 Å². The maximum Gasteiger partial charge on any atom is 0.123 e. The summed E-state index contributed by atoms with van der Waals surface area (Å²) in [6, 6.07) is 7.21. The van der Waals surface area contributed by atoms with Crippen molar-refractivity contribution in [1.29, 1.82) is 0 Å². The number of halogens is 1. The zero-order valence-corrected chi connectivity index (χ0v) is 11.4. The van der Waals surface area contributed by atoms with E-state index in [2.05, 4.69) is 5.32 Å². The zero-order chi connectivity index (χ0) is 13.5. The molecule has 0 bridgehead atoms. The first-order chi connectivity index (χ1) is 9.29. The molecule has 1 unspecified atom stereocenters. The van der Waals surface area contributed by atoms with Gasteiger partial charge in [0.25, 0.3) is 0 Å². The van der Waals surface area contributed by atoms with Crippen LogP contribution in [0, 0.1) is 5.82 Å². The molecule has 0 amide bonds. The van der Waals surface area contributed by atoms with Gasteiger partial charge in [0.05, 0.1) is 6.10 Å². The Bertz CT molecular complexity index is 365. The van der Waals surface area contributed by atoms with Crippen LogP contribution in [0.25, 0.3) is 0 Å². The summed E-state index contributed by atoms with van der Waals surface area (Å²) in [7, 11) is 1.69. The van der Waals surface area contributed by atoms with Crippen LogP contribution in [0.3, 0.4) is 0 Å². The van der Waals surface area contributed by atoms with E-state index >= 15 is 0 Å². The van der Waals surface area contributed by atoms with Crippen LogP contribution in [0.1, 0.15) is 30.9 Å². The summed E-state index contributed by atoms with van der Waals surface area (Å²) in [5.74, 6) is -0.211. The quantitative estimate of drug-likeness (QED) is 0.698. The van der Waals surface area contributed by atoms with Gasteiger partial charge in [0.1, 0.15) is 5.82 Å². The predicted octanol–water partition coefficient (Wildman–Crippen LogP) is 2.67. The summed E-state index contributed by atoms with van der Waals surface area (Å²) >= 11 is 0. The van der Waals surface area contributed by atoms with Crippen molar-refractivity contribution in [2.75, 3.05) is 26.9 Å². The standard InChI is InChI=1S/C15H22FNO2/c1-18-9-2-10-19-15(11-17-14-7-8-14)12-3-5-13(16)6-4-12/h3-6,14-15,17H,2,7-11H2,1H3. The van der Waals surface area contributed by atoms with Crippen LogP contribution in [0.2, 0.25) is 0 Å². The Balaban J connectivity index is 1.85. The highest BCUT2D eigenvalue weighted by molar-refractivity contribution is 5.19. The molecule has 1 saturated carbocycles. The third kappa shape index (κ3) is 5.27. The van der Waals surface area contributed by atoms with Crippen molar-refractivity contribution in [1.82, 2.24) is 5.32 Å². The summed E-state index contributed by atoms with van der Waals surface area (Å²) in [5.41, 5.74) is 1.02. The van der Waals surface area contributed by atoms with Crippen molar-refractivity contribution in [3.05, 3.63) is 35.6 Å². The number of nitrogens with one attached hydrogen (secondary N) is 1. The van der Waals surface area contributed by atoms with Crippen LogP contribution in [-0.2, 0) is 9.47 Å². The van der Waals surface area contributed by atoms with Gasteiger partial charge < -0.3 is 14.8 Å². The topological polar surface area (TPSA) is 30.5 Å². The first kappa shape index (κ1) is 14.4. The summed E-state index contributed by atoms with van der Waals surface area (Å²) in [6.45, 7) is 2.14. The van der Waals surface area contributed by atoms with Crippen LogP contribution in [0.4, 0.5) is 4.39 Å². The second-order valence-corrected chi connectivity index (χ2v) is 4.94. The summed E-state index contributed by atoms with van der Waals surface area (Å²) < 4.78 is 23.8. The van der Waals surface area contributed by atoms with Crippen molar-refractivity contribution in [3.63, 3.8) is 0 Å². The number of hydrogen-bond donors (Lipinski definition) is 1. The van der Waals surface area contributed by atoms with E-state index in [0.29, 0.717) is 19.3 Å². The summed E-state index contributed by atoms with van der Waals surface area (Å²) in [6.07, 6.45) is 3.36. The maximum atomic E-state index is 13.0. The average molecular weight is 267 g/mol. The number of benzene rings is 1. The van der Waals surface area contributed by atoms with Gasteiger partial charge in [-0.2, -0.15) is 0 Å². The van der Waals surface area contributed by atoms with Crippen LogP contribution >= 0.6 is 0 Å². The van der Waals surface area contributed by atoms with Crippen LogP contribution in [0.15, 0.2) is 24.3 Å². The van der Waals surface area contributed by atoms with Gasteiger partial charge in [0, 0.05) is 32.9 Å². The van der Waals surface area contributed by atoms with Crippen molar-refractivity contribution in [2.45, 2.75) is 31.4 Å². The highest BCUT2D eigenvalue weighted by Crippen LogP contribution is 2.22. The third-order valence-electron chi connectivity index (χ3n) is 3.22. The highest BCUT2D eigenvalue weighted by Gasteiger charge is 2.22. The maximum absolute atomic E-state index is 13.0. The number of hydrogen-bond acceptors (Lipinski definition) is 3. The molecule has 2 rings (SSSR count). The molecule has 0 saturated heterocycles. The van der Waals surface area contributed by atoms with Crippen LogP contribution in [-0.4, -0.2) is 32.9 Å². The minimum atomic E-state index is -0.211. The molecule has 1 atom stereocenters. The van der Waals surface area contributed by atoms with E-state index < -0.39 is 0 Å². The van der Waals surface area contributed by atoms with Crippen molar-refractivity contribution < 1.29 is 13.9 Å². The largest absolute Gasteiger partial charge is 0.385 e. The fourth-order valence-electron chi connectivity index (χ4n) is 1.94. The molecule has 4 heteroatoms. The Morgan fingerprint density at radius 2 is 2.00 bits per heavy atom. The molecule has 106 valence electrons. The lowest BCUT2D eigenvalue weighted by Crippen LogP contribution is -2.25. The van der Waals surface area contributed by atoms with E-state index in [-0.39, 0.29) is 11.9 Å². The molecule has 0 heterocycles. The van der Waals surface area contributed by atoms with Crippen molar-refractivity contribution >= 4 is 0 Å². The summed E-state index contributed by atoms with van der Waals surface area (Å²) in [5, 5.41) is 3.46. The van der Waals surface area contributed by atoms with E-state index in [9.17, 15) is 4.39 Å². The normalized spacial score (nSPS) is 16.5. The van der Waals surface area contributed by atoms with Gasteiger partial charge in [-0.05, 0) is 37.0 Å². The smallest absolute Gasteiger partial charge is 0.123 e. The van der Waals surface area contributed by atoms with Crippen LogP contribution in [0.5, 0.6) is 0 Å². The number of ether oxygens (including phenoxy) is 2. The Hall–Kier alpha value is -0.970. The van der Waals surface area contributed by atoms with Crippen LogP contribution < -0.4 is 5.32 Å². The van der Waals surface area contributed by atoms with E-state index in [1.165, 1.54) is 25.0 Å². The molecular formula is C15H22FNO2. The first-order valence-corrected chi connectivity index (χ1v) is 6.89. The highest BCUT2D eigenvalue weighted by atomic mass is 19.1. The Labute approximate surface area is 114 Å². The monoisotopic (exact) mass is 267 g/mol. The van der Waals surface area contributed by atoms with E-state index in [1.54, 1.807) is 19.2 Å². The molecule has 0 radical (unpaired) electrons. The molecule has 0 aliphatic heterocycles. The summed E-state index contributed by atoms with van der Waals surface area (Å²) in [4.78, 5) is 0. The lowest BCUT2D eigenvalue weighted by molar-refractivity contribution is 0.0385. The van der Waals surface area contributed by atoms with Gasteiger partial charge >= 0.3 is 0 Å². The second kappa shape index (κ2) is 7.58. The molecule has 1 aliphatic carbocycles. The van der Waals surface area contributed by atoms with Gasteiger partial charge in [-0.1, -0.05) is 12.1 Å². The molecule has 1 aromatic rings. The number of methoxy groups -OCH3 is 1. The zero-order valence-electron chi connectivity index (χ0n) is 11.4. The fraction of sp³-hybridized carbons (Fsp3) is 0.600. The van der Waals surface area contributed by atoms with Crippen molar-refractivity contribution in [2.24, 2.45) is 0 Å². The van der Waals surface area contributed by atoms with Crippen molar-refractivity contribution in [3.8, 4) is 0 Å². The molecule has 1 N–H and O–H groups in total. The molecule has 1 fully saturated rings. The lowest BCUT2D eigenvalue weighted by atomic mass is 10.1. The lowest BCUT2D eigenvalue weighted by Gasteiger charge is -2.19. The molecule has 0 spiro atoms. The molecule has 1 aromatic carbocycles. The van der Waals surface area contributed by atoms with Gasteiger partial charge in [-0.25, -0.2) is 4.39 Å².